The van der Waals surface area contributed by atoms with Crippen LogP contribution in [-0.2, 0) is 20.7 Å². The van der Waals surface area contributed by atoms with Gasteiger partial charge in [-0.25, -0.2) is 9.18 Å². The molecule has 0 radical (unpaired) electrons. The monoisotopic (exact) mass is 714 g/mol. The maximum atomic E-state index is 14.2. The lowest BCUT2D eigenvalue weighted by Gasteiger charge is -2.35. The zero-order valence-electron chi connectivity index (χ0n) is 27.4. The van der Waals surface area contributed by atoms with Gasteiger partial charge in [-0.05, 0) is 104 Å². The molecule has 2 aromatic rings. The van der Waals surface area contributed by atoms with Crippen LogP contribution in [0.1, 0.15) is 56.0 Å². The molecule has 2 bridgehead atoms. The molecule has 4 atom stereocenters. The molecule has 0 aromatic heterocycles. The van der Waals surface area contributed by atoms with Gasteiger partial charge in [0.2, 0.25) is 5.91 Å². The molecule has 9 nitrogen and oxygen atoms in total. The molecular weight excluding hydrogens is 671 g/mol. The maximum Gasteiger partial charge on any atom is 0.411 e. The fraction of sp³-hybridized carbons (Fsp3) is 0.529. The Morgan fingerprint density at radius 1 is 1.17 bits per heavy atom. The van der Waals surface area contributed by atoms with Crippen LogP contribution >= 0.6 is 15.9 Å². The van der Waals surface area contributed by atoms with Gasteiger partial charge in [0.15, 0.2) is 0 Å². The molecule has 1 aliphatic heterocycles. The van der Waals surface area contributed by atoms with Gasteiger partial charge in [0.25, 0.3) is 5.91 Å². The van der Waals surface area contributed by atoms with Crippen molar-refractivity contribution in [1.29, 1.82) is 5.26 Å². The first-order valence-corrected chi connectivity index (χ1v) is 20.2. The summed E-state index contributed by atoms with van der Waals surface area (Å²) in [6, 6.07) is 12.5. The van der Waals surface area contributed by atoms with Crippen LogP contribution in [0.4, 0.5) is 14.9 Å². The van der Waals surface area contributed by atoms with E-state index in [-0.39, 0.29) is 36.6 Å². The van der Waals surface area contributed by atoms with Crippen molar-refractivity contribution in [3.63, 3.8) is 0 Å². The highest BCUT2D eigenvalue weighted by Crippen LogP contribution is 2.43. The third-order valence-corrected chi connectivity index (χ3v) is 10.6. The molecule has 1 heterocycles. The summed E-state index contributed by atoms with van der Waals surface area (Å²) in [6.45, 7) is 12.5. The Bertz CT molecular complexity index is 1490. The van der Waals surface area contributed by atoms with Crippen molar-refractivity contribution in [3.05, 3.63) is 63.9 Å². The Morgan fingerprint density at radius 2 is 1.91 bits per heavy atom. The SMILES string of the molecule is CC(C)(C)OC(=O)N1C2CCC(C2)C1C(=O)NC(C#N)Cc1cccc(N(COCC[Si](C)(C)C)C(=O)c2cc(F)ccc2Br)c1. The molecule has 2 aliphatic rings. The number of likely N-dealkylation sites (tertiary alicyclic amines) is 1. The van der Waals surface area contributed by atoms with Gasteiger partial charge in [-0.15, -0.1) is 0 Å². The lowest BCUT2D eigenvalue weighted by Crippen LogP contribution is -2.55. The fourth-order valence-electron chi connectivity index (χ4n) is 5.97. The van der Waals surface area contributed by atoms with Crippen molar-refractivity contribution in [2.24, 2.45) is 5.92 Å². The highest BCUT2D eigenvalue weighted by atomic mass is 79.9. The second-order valence-electron chi connectivity index (χ2n) is 14.3. The largest absolute Gasteiger partial charge is 0.444 e. The Labute approximate surface area is 280 Å². The molecule has 4 rings (SSSR count). The fourth-order valence-corrected chi connectivity index (χ4v) is 7.14. The smallest absolute Gasteiger partial charge is 0.411 e. The van der Waals surface area contributed by atoms with Crippen molar-refractivity contribution in [1.82, 2.24) is 10.2 Å². The summed E-state index contributed by atoms with van der Waals surface area (Å²) >= 11 is 3.37. The molecule has 12 heteroatoms. The topological polar surface area (TPSA) is 112 Å². The van der Waals surface area contributed by atoms with Crippen molar-refractivity contribution in [2.75, 3.05) is 18.2 Å². The van der Waals surface area contributed by atoms with Crippen LogP contribution in [0.15, 0.2) is 46.9 Å². The lowest BCUT2D eigenvalue weighted by molar-refractivity contribution is -0.128. The van der Waals surface area contributed by atoms with Crippen molar-refractivity contribution in [2.45, 2.75) is 95.9 Å². The van der Waals surface area contributed by atoms with Crippen LogP contribution in [0.25, 0.3) is 0 Å². The number of nitrogens with zero attached hydrogens (tertiary/aromatic N) is 3. The van der Waals surface area contributed by atoms with Gasteiger partial charge in [0.1, 0.15) is 30.2 Å². The zero-order valence-corrected chi connectivity index (χ0v) is 30.0. The molecular formula is C34H44BrFN4O5Si. The Hall–Kier alpha value is -3.27. The highest BCUT2D eigenvalue weighted by Gasteiger charge is 2.52. The number of carbonyl (C=O) groups excluding carboxylic acids is 3. The number of hydrogen-bond acceptors (Lipinski definition) is 6. The molecule has 248 valence electrons. The third-order valence-electron chi connectivity index (χ3n) is 8.21. The predicted molar refractivity (Wildman–Crippen MR) is 181 cm³/mol. The van der Waals surface area contributed by atoms with E-state index >= 15 is 0 Å². The summed E-state index contributed by atoms with van der Waals surface area (Å²) in [5.74, 6) is -1.33. The number of anilines is 1. The Morgan fingerprint density at radius 3 is 2.59 bits per heavy atom. The van der Waals surface area contributed by atoms with E-state index in [0.717, 1.165) is 25.3 Å². The first-order valence-electron chi connectivity index (χ1n) is 15.7. The molecule has 46 heavy (non-hydrogen) atoms. The molecule has 1 saturated carbocycles. The minimum atomic E-state index is -1.38. The summed E-state index contributed by atoms with van der Waals surface area (Å²) in [5, 5.41) is 12.9. The molecule has 2 fully saturated rings. The number of rotatable bonds is 11. The number of benzene rings is 2. The number of carbonyl (C=O) groups is 3. The normalized spacial score (nSPS) is 19.8. The molecule has 0 spiro atoms. The molecule has 1 N–H and O–H groups in total. The molecule has 1 saturated heterocycles. The quantitative estimate of drug-likeness (QED) is 0.154. The minimum Gasteiger partial charge on any atom is -0.444 e. The van der Waals surface area contributed by atoms with Gasteiger partial charge in [-0.2, -0.15) is 5.26 Å². The molecule has 3 amide bonds. The number of fused-ring (bicyclic) bond motifs is 2. The number of hydrogen-bond donors (Lipinski definition) is 1. The zero-order chi connectivity index (χ0) is 33.8. The van der Waals surface area contributed by atoms with Gasteiger partial charge in [0.05, 0.1) is 11.6 Å². The summed E-state index contributed by atoms with van der Waals surface area (Å²) in [5.41, 5.74) is 0.680. The minimum absolute atomic E-state index is 0.0165. The second kappa shape index (κ2) is 14.7. The van der Waals surface area contributed by atoms with E-state index < -0.39 is 43.6 Å². The maximum absolute atomic E-state index is 14.2. The third kappa shape index (κ3) is 9.17. The molecule has 2 aromatic carbocycles. The summed E-state index contributed by atoms with van der Waals surface area (Å²) < 4.78 is 26.2. The van der Waals surface area contributed by atoms with Crippen molar-refractivity contribution < 1.29 is 28.2 Å². The van der Waals surface area contributed by atoms with Crippen LogP contribution in [0.3, 0.4) is 0 Å². The van der Waals surface area contributed by atoms with E-state index in [4.69, 9.17) is 9.47 Å². The first-order chi connectivity index (χ1) is 21.6. The number of ether oxygens (including phenoxy) is 2. The standard InChI is InChI=1S/C34H44BrFN4O5Si/c1-34(2,3)45-33(43)40-27-12-10-23(18-27)30(40)31(41)38-25(20-37)16-22-8-7-9-26(17-22)39(21-44-14-15-46(4,5)6)32(42)28-19-24(36)11-13-29(28)35/h7-9,11,13,17,19,23,25,27,30H,10,12,14-16,18,21H2,1-6H3,(H,38,41). The van der Waals surface area contributed by atoms with Gasteiger partial charge in [-0.3, -0.25) is 19.4 Å². The van der Waals surface area contributed by atoms with Crippen molar-refractivity contribution >= 4 is 47.6 Å². The average Bonchev–Trinajstić information content (AvgIpc) is 3.59. The highest BCUT2D eigenvalue weighted by molar-refractivity contribution is 9.10. The number of halogens is 2. The van der Waals surface area contributed by atoms with Crippen molar-refractivity contribution in [3.8, 4) is 6.07 Å². The van der Waals surface area contributed by atoms with Gasteiger partial charge in [-0.1, -0.05) is 31.8 Å². The van der Waals surface area contributed by atoms with E-state index in [2.05, 4.69) is 47.0 Å². The summed E-state index contributed by atoms with van der Waals surface area (Å²) in [4.78, 5) is 43.3. The average molecular weight is 716 g/mol. The van der Waals surface area contributed by atoms with Crippen LogP contribution in [-0.4, -0.2) is 67.9 Å². The van der Waals surface area contributed by atoms with E-state index in [0.29, 0.717) is 22.3 Å². The van der Waals surface area contributed by atoms with Crippen LogP contribution in [0, 0.1) is 23.1 Å². The summed E-state index contributed by atoms with van der Waals surface area (Å²) in [7, 11) is -1.38. The Balaban J connectivity index is 1.51. The van der Waals surface area contributed by atoms with E-state index in [9.17, 15) is 24.0 Å². The molecule has 4 unspecified atom stereocenters. The molecule has 1 aliphatic carbocycles. The van der Waals surface area contributed by atoms with Crippen LogP contribution in [0.5, 0.6) is 0 Å². The van der Waals surface area contributed by atoms with Gasteiger partial charge < -0.3 is 14.8 Å². The van der Waals surface area contributed by atoms with E-state index in [1.807, 2.05) is 6.07 Å². The Kier molecular flexibility index (Phi) is 11.3. The predicted octanol–water partition coefficient (Wildman–Crippen LogP) is 6.89. The van der Waals surface area contributed by atoms with Gasteiger partial charge >= 0.3 is 6.09 Å². The number of piperidine rings is 1. The number of nitrogens with one attached hydrogen (secondary N) is 1. The first kappa shape index (κ1) is 35.6. The van der Waals surface area contributed by atoms with E-state index in [1.165, 1.54) is 23.1 Å². The number of amides is 3. The van der Waals surface area contributed by atoms with Crippen LogP contribution < -0.4 is 10.2 Å². The second-order valence-corrected chi connectivity index (χ2v) is 20.8. The number of nitriles is 1. The summed E-state index contributed by atoms with van der Waals surface area (Å²) in [6.07, 6.45) is 2.06. The van der Waals surface area contributed by atoms with E-state index in [1.54, 1.807) is 43.9 Å². The van der Waals surface area contributed by atoms with Crippen LogP contribution in [0.2, 0.25) is 25.7 Å². The lowest BCUT2D eigenvalue weighted by atomic mass is 9.97. The van der Waals surface area contributed by atoms with Gasteiger partial charge in [0, 0.05) is 37.3 Å².